The molecule has 0 unspecified atom stereocenters. The summed E-state index contributed by atoms with van der Waals surface area (Å²) in [5.41, 5.74) is 1.94. The van der Waals surface area contributed by atoms with Crippen molar-refractivity contribution in [1.82, 2.24) is 0 Å². The third-order valence-electron chi connectivity index (χ3n) is 2.96. The summed E-state index contributed by atoms with van der Waals surface area (Å²) in [7, 11) is -3.85. The molecule has 0 aliphatic heterocycles. The third kappa shape index (κ3) is 3.30. The van der Waals surface area contributed by atoms with E-state index in [1.165, 1.54) is 18.2 Å². The predicted octanol–water partition coefficient (Wildman–Crippen LogP) is 4.72. The van der Waals surface area contributed by atoms with Crippen LogP contribution in [-0.4, -0.2) is 8.42 Å². The molecular weight excluding hydrogens is 320 g/mol. The van der Waals surface area contributed by atoms with Gasteiger partial charge in [-0.1, -0.05) is 48.5 Å². The van der Waals surface area contributed by atoms with Gasteiger partial charge in [0.2, 0.25) is 5.69 Å². The lowest BCUT2D eigenvalue weighted by Crippen LogP contribution is -2.13. The number of anilines is 1. The van der Waals surface area contributed by atoms with Crippen LogP contribution < -0.4 is 4.72 Å². The topological polar surface area (TPSA) is 50.5 Å². The van der Waals surface area contributed by atoms with Crippen molar-refractivity contribution in [2.24, 2.45) is 0 Å². The number of para-hydroxylation sites is 1. The number of halogens is 1. The number of sulfonamides is 1. The van der Waals surface area contributed by atoms with Gasteiger partial charge in [0.15, 0.2) is 0 Å². The van der Waals surface area contributed by atoms with Crippen LogP contribution in [0.1, 0.15) is 12.5 Å². The van der Waals surface area contributed by atoms with Crippen molar-refractivity contribution < 1.29 is 8.42 Å². The first-order valence-corrected chi connectivity index (χ1v) is 8.16. The van der Waals surface area contributed by atoms with E-state index >= 15 is 0 Å². The van der Waals surface area contributed by atoms with E-state index in [1.54, 1.807) is 24.3 Å². The molecule has 22 heavy (non-hydrogen) atoms. The molecular formula is C16H13ClN2O2S. The van der Waals surface area contributed by atoms with Crippen LogP contribution in [0.5, 0.6) is 0 Å². The van der Waals surface area contributed by atoms with Crippen LogP contribution in [0.4, 0.5) is 11.4 Å². The van der Waals surface area contributed by atoms with Gasteiger partial charge in [-0.05, 0) is 30.2 Å². The molecule has 1 N–H and O–H groups in total. The molecule has 0 bridgehead atoms. The van der Waals surface area contributed by atoms with E-state index in [-0.39, 0.29) is 10.6 Å². The summed E-state index contributed by atoms with van der Waals surface area (Å²) in [4.78, 5) is 3.16. The van der Waals surface area contributed by atoms with Crippen molar-refractivity contribution in [3.8, 4) is 0 Å². The summed E-state index contributed by atoms with van der Waals surface area (Å²) in [6.45, 7) is 12.7. The molecule has 0 amide bonds. The standard InChI is InChI=1S/C16H13ClN2O2S/c1-11(2)13-9-8-12(10-14(13)17)19-22(20,21)16-7-5-4-6-15(16)18-3/h4-10,19H,1H2,2H3. The molecule has 0 atom stereocenters. The molecule has 2 rings (SSSR count). The highest BCUT2D eigenvalue weighted by molar-refractivity contribution is 7.92. The number of hydrogen-bond acceptors (Lipinski definition) is 2. The fraction of sp³-hybridized carbons (Fsp3) is 0.0625. The van der Waals surface area contributed by atoms with Crippen molar-refractivity contribution >= 4 is 38.6 Å². The maximum Gasteiger partial charge on any atom is 0.252 e. The van der Waals surface area contributed by atoms with Gasteiger partial charge in [-0.3, -0.25) is 4.72 Å². The zero-order valence-electron chi connectivity index (χ0n) is 11.8. The smallest absolute Gasteiger partial charge is 0.252 e. The summed E-state index contributed by atoms with van der Waals surface area (Å²) in [5.74, 6) is 0. The van der Waals surface area contributed by atoms with Crippen LogP contribution in [0.25, 0.3) is 10.4 Å². The molecule has 2 aromatic carbocycles. The number of nitrogens with one attached hydrogen (secondary N) is 1. The van der Waals surface area contributed by atoms with Gasteiger partial charge in [-0.15, -0.1) is 0 Å². The normalized spacial score (nSPS) is 10.8. The second kappa shape index (κ2) is 6.22. The van der Waals surface area contributed by atoms with Gasteiger partial charge < -0.3 is 0 Å². The fourth-order valence-corrected chi connectivity index (χ4v) is 3.45. The minimum absolute atomic E-state index is 0.0647. The minimum atomic E-state index is -3.85. The Bertz CT molecular complexity index is 883. The average Bonchev–Trinajstić information content (AvgIpc) is 2.46. The molecule has 0 heterocycles. The van der Waals surface area contributed by atoms with Crippen LogP contribution in [-0.2, 0) is 10.0 Å². The molecule has 6 heteroatoms. The molecule has 0 fully saturated rings. The van der Waals surface area contributed by atoms with E-state index in [1.807, 2.05) is 6.92 Å². The van der Waals surface area contributed by atoms with Crippen LogP contribution in [0.2, 0.25) is 5.02 Å². The van der Waals surface area contributed by atoms with Crippen molar-refractivity contribution in [3.05, 3.63) is 71.0 Å². The second-order valence-electron chi connectivity index (χ2n) is 4.66. The number of benzene rings is 2. The van der Waals surface area contributed by atoms with Crippen LogP contribution in [0, 0.1) is 6.57 Å². The predicted molar refractivity (Wildman–Crippen MR) is 89.7 cm³/mol. The lowest BCUT2D eigenvalue weighted by atomic mass is 10.1. The molecule has 2 aromatic rings. The molecule has 0 aromatic heterocycles. The lowest BCUT2D eigenvalue weighted by Gasteiger charge is -2.11. The Kier molecular flexibility index (Phi) is 4.55. The summed E-state index contributed by atoms with van der Waals surface area (Å²) in [6, 6.07) is 10.9. The first-order valence-electron chi connectivity index (χ1n) is 6.30. The summed E-state index contributed by atoms with van der Waals surface area (Å²) in [5, 5.41) is 0.408. The quantitative estimate of drug-likeness (QED) is 0.823. The second-order valence-corrected chi connectivity index (χ2v) is 6.72. The number of rotatable bonds is 4. The van der Waals surface area contributed by atoms with E-state index in [4.69, 9.17) is 18.2 Å². The Labute approximate surface area is 134 Å². The van der Waals surface area contributed by atoms with Crippen molar-refractivity contribution in [3.63, 3.8) is 0 Å². The number of hydrogen-bond donors (Lipinski definition) is 1. The monoisotopic (exact) mass is 332 g/mol. The van der Waals surface area contributed by atoms with Gasteiger partial charge in [0.05, 0.1) is 22.2 Å². The first kappa shape index (κ1) is 16.1. The zero-order chi connectivity index (χ0) is 16.3. The van der Waals surface area contributed by atoms with Gasteiger partial charge in [0, 0.05) is 0 Å². The number of allylic oxidation sites excluding steroid dienone is 1. The highest BCUT2D eigenvalue weighted by Crippen LogP contribution is 2.29. The molecule has 0 aliphatic carbocycles. The Morgan fingerprint density at radius 1 is 1.27 bits per heavy atom. The maximum atomic E-state index is 12.4. The molecule has 4 nitrogen and oxygen atoms in total. The number of nitrogens with zero attached hydrogens (tertiary/aromatic N) is 1. The molecule has 0 radical (unpaired) electrons. The maximum absolute atomic E-state index is 12.4. The van der Waals surface area contributed by atoms with E-state index in [0.29, 0.717) is 10.7 Å². The van der Waals surface area contributed by atoms with Gasteiger partial charge in [-0.2, -0.15) is 0 Å². The Morgan fingerprint density at radius 3 is 2.55 bits per heavy atom. The summed E-state index contributed by atoms with van der Waals surface area (Å²) < 4.78 is 27.2. The van der Waals surface area contributed by atoms with Gasteiger partial charge in [0.25, 0.3) is 10.0 Å². The van der Waals surface area contributed by atoms with Crippen LogP contribution in [0.15, 0.2) is 53.9 Å². The molecule has 0 aliphatic rings. The van der Waals surface area contributed by atoms with E-state index in [0.717, 1.165) is 11.1 Å². The van der Waals surface area contributed by atoms with E-state index < -0.39 is 10.0 Å². The molecule has 0 saturated carbocycles. The Morgan fingerprint density at radius 2 is 1.95 bits per heavy atom. The van der Waals surface area contributed by atoms with Gasteiger partial charge in [0.1, 0.15) is 0 Å². The minimum Gasteiger partial charge on any atom is -0.281 e. The lowest BCUT2D eigenvalue weighted by molar-refractivity contribution is 0.601. The first-order chi connectivity index (χ1) is 10.3. The molecule has 0 saturated heterocycles. The third-order valence-corrected chi connectivity index (χ3v) is 4.70. The SMILES string of the molecule is [C-]#[N+]c1ccccc1S(=O)(=O)Nc1ccc(C(=C)C)c(Cl)c1. The molecule has 0 spiro atoms. The van der Waals surface area contributed by atoms with E-state index in [9.17, 15) is 8.42 Å². The van der Waals surface area contributed by atoms with Crippen molar-refractivity contribution in [2.75, 3.05) is 4.72 Å². The van der Waals surface area contributed by atoms with Gasteiger partial charge in [-0.25, -0.2) is 13.3 Å². The summed E-state index contributed by atoms with van der Waals surface area (Å²) >= 11 is 6.11. The Balaban J connectivity index is 2.40. The summed E-state index contributed by atoms with van der Waals surface area (Å²) in [6.07, 6.45) is 0. The Hall–Kier alpha value is -2.29. The van der Waals surface area contributed by atoms with Crippen molar-refractivity contribution in [2.45, 2.75) is 11.8 Å². The molecule has 112 valence electrons. The largest absolute Gasteiger partial charge is 0.281 e. The highest BCUT2D eigenvalue weighted by Gasteiger charge is 2.18. The highest BCUT2D eigenvalue weighted by atomic mass is 35.5. The average molecular weight is 333 g/mol. The fourth-order valence-electron chi connectivity index (χ4n) is 1.91. The van der Waals surface area contributed by atoms with Crippen LogP contribution >= 0.6 is 11.6 Å². The van der Waals surface area contributed by atoms with E-state index in [2.05, 4.69) is 16.1 Å². The van der Waals surface area contributed by atoms with Crippen LogP contribution in [0.3, 0.4) is 0 Å². The van der Waals surface area contributed by atoms with Gasteiger partial charge >= 0.3 is 0 Å². The van der Waals surface area contributed by atoms with Crippen molar-refractivity contribution in [1.29, 1.82) is 0 Å². The zero-order valence-corrected chi connectivity index (χ0v) is 13.4.